The second-order valence-corrected chi connectivity index (χ2v) is 20.4. The van der Waals surface area contributed by atoms with Crippen LogP contribution in [0.25, 0.3) is 0 Å². The first-order chi connectivity index (χ1) is 38.1. The number of amides is 1. The van der Waals surface area contributed by atoms with Crippen molar-refractivity contribution in [2.75, 3.05) is 19.8 Å². The number of unbranched alkanes of at least 4 members (excludes halogenated alkanes) is 12. The van der Waals surface area contributed by atoms with E-state index in [0.717, 1.165) is 103 Å². The van der Waals surface area contributed by atoms with Gasteiger partial charge < -0.3 is 65.1 Å². The van der Waals surface area contributed by atoms with Gasteiger partial charge >= 0.3 is 0 Å². The van der Waals surface area contributed by atoms with Crippen molar-refractivity contribution in [3.63, 3.8) is 0 Å². The Morgan fingerprint density at radius 3 is 1.33 bits per heavy atom. The molecule has 2 heterocycles. The molecule has 0 aromatic heterocycles. The van der Waals surface area contributed by atoms with Crippen LogP contribution in [-0.4, -0.2) is 140 Å². The lowest BCUT2D eigenvalue weighted by molar-refractivity contribution is -0.359. The highest BCUT2D eigenvalue weighted by Gasteiger charge is 2.51. The maximum absolute atomic E-state index is 13.2. The van der Waals surface area contributed by atoms with Crippen molar-refractivity contribution < 1.29 is 64.6 Å². The normalized spacial score (nSPS) is 25.5. The van der Waals surface area contributed by atoms with Gasteiger partial charge in [0, 0.05) is 6.42 Å². The molecule has 0 bridgehead atoms. The number of nitrogens with one attached hydrogen (secondary N) is 1. The number of rotatable bonds is 45. The summed E-state index contributed by atoms with van der Waals surface area (Å²) >= 11 is 0. The van der Waals surface area contributed by atoms with Crippen molar-refractivity contribution in [3.8, 4) is 0 Å². The highest BCUT2D eigenvalue weighted by atomic mass is 16.7. The molecule has 2 saturated heterocycles. The van der Waals surface area contributed by atoms with Gasteiger partial charge in [-0.25, -0.2) is 0 Å². The SMILES string of the molecule is CC/C=C\C/C=C\C/C=C\C/C=C\C/C=C\C/C=C\C/C=C\C/C=C\C/C=C\C/C=C\CCCCC(=O)NC(COC1OC(CO)C(OC2OC(CO)C(O)C(O)C2O)C(O)C1O)C(O)CCCCCCCCCCCCC. The number of hydrogen-bond donors (Lipinski definition) is 9. The summed E-state index contributed by atoms with van der Waals surface area (Å²) in [6.45, 7) is 2.67. The van der Waals surface area contributed by atoms with E-state index in [2.05, 4.69) is 141 Å². The molecule has 78 heavy (non-hydrogen) atoms. The molecule has 0 aromatic carbocycles. The van der Waals surface area contributed by atoms with E-state index in [0.29, 0.717) is 12.8 Å². The second kappa shape index (κ2) is 48.1. The zero-order valence-corrected chi connectivity index (χ0v) is 47.6. The van der Waals surface area contributed by atoms with Gasteiger partial charge in [0.25, 0.3) is 0 Å². The Labute approximate surface area is 469 Å². The Morgan fingerprint density at radius 1 is 0.474 bits per heavy atom. The van der Waals surface area contributed by atoms with E-state index in [1.165, 1.54) is 44.9 Å². The molecule has 12 atom stereocenters. The van der Waals surface area contributed by atoms with Gasteiger partial charge in [0.2, 0.25) is 5.91 Å². The van der Waals surface area contributed by atoms with Gasteiger partial charge in [-0.05, 0) is 89.9 Å². The molecule has 0 aromatic rings. The summed E-state index contributed by atoms with van der Waals surface area (Å²) in [5, 5.41) is 87.0. The molecule has 0 spiro atoms. The molecule has 2 aliphatic rings. The Bertz CT molecular complexity index is 1770. The predicted molar refractivity (Wildman–Crippen MR) is 313 cm³/mol. The van der Waals surface area contributed by atoms with Gasteiger partial charge in [-0.2, -0.15) is 0 Å². The van der Waals surface area contributed by atoms with E-state index in [4.69, 9.17) is 18.9 Å². The topological polar surface area (TPSA) is 228 Å². The average molecular weight is 1100 g/mol. The summed E-state index contributed by atoms with van der Waals surface area (Å²) in [7, 11) is 0. The highest BCUT2D eigenvalue weighted by Crippen LogP contribution is 2.30. The Kier molecular flexibility index (Phi) is 43.5. The van der Waals surface area contributed by atoms with E-state index in [1.807, 2.05) is 0 Å². The molecule has 0 aliphatic carbocycles. The lowest BCUT2D eigenvalue weighted by Gasteiger charge is -2.46. The van der Waals surface area contributed by atoms with Crippen LogP contribution in [0, 0.1) is 0 Å². The van der Waals surface area contributed by atoms with Crippen molar-refractivity contribution in [2.45, 2.75) is 254 Å². The molecule has 12 unspecified atom stereocenters. The quantitative estimate of drug-likeness (QED) is 0.0205. The third kappa shape index (κ3) is 33.2. The van der Waals surface area contributed by atoms with E-state index in [9.17, 15) is 45.6 Å². The number of hydrogen-bond acceptors (Lipinski definition) is 13. The third-order valence-corrected chi connectivity index (χ3v) is 13.7. The van der Waals surface area contributed by atoms with Crippen molar-refractivity contribution >= 4 is 5.91 Å². The number of carbonyl (C=O) groups is 1. The number of aliphatic hydroxyl groups excluding tert-OH is 8. The van der Waals surface area contributed by atoms with Crippen LogP contribution in [0.15, 0.2) is 122 Å². The molecular formula is C64H105NO13. The van der Waals surface area contributed by atoms with Crippen LogP contribution in [0.1, 0.15) is 181 Å². The smallest absolute Gasteiger partial charge is 0.220 e. The minimum atomic E-state index is -1.79. The summed E-state index contributed by atoms with van der Waals surface area (Å²) in [6, 6.07) is -0.860. The molecule has 2 fully saturated rings. The van der Waals surface area contributed by atoms with Gasteiger partial charge in [0.05, 0.1) is 32.0 Å². The molecule has 2 aliphatic heterocycles. The standard InChI is InChI=1S/C64H105NO13/c1-3-5-7-9-11-13-15-16-17-18-19-20-21-22-23-24-25-26-27-28-29-30-31-32-33-34-35-36-38-40-42-44-46-48-56(69)65-52(53(68)47-45-43-41-39-37-14-12-10-8-6-4-2)51-75-63-61(74)59(72)62(55(50-67)77-63)78-64-60(73)58(71)57(70)54(49-66)76-64/h5,7,11,13,16-17,19-20,22-23,25-26,28-29,31-32,34-35,38,40,52-55,57-64,66-68,70-74H,3-4,6,8-10,12,14-15,18,21,24,27,30,33,36-37,39,41-51H2,1-2H3,(H,65,69)/b7-5-,13-11-,17-16-,20-19-,23-22-,26-25-,29-28-,32-31-,35-34-,40-38-. The number of carbonyl (C=O) groups excluding carboxylic acids is 1. The van der Waals surface area contributed by atoms with Crippen molar-refractivity contribution in [3.05, 3.63) is 122 Å². The first-order valence-electron chi connectivity index (χ1n) is 29.8. The Balaban J connectivity index is 1.71. The van der Waals surface area contributed by atoms with Gasteiger partial charge in [-0.1, -0.05) is 206 Å². The molecule has 1 amide bonds. The predicted octanol–water partition coefficient (Wildman–Crippen LogP) is 10.2. The summed E-state index contributed by atoms with van der Waals surface area (Å²) < 4.78 is 22.7. The largest absolute Gasteiger partial charge is 0.394 e. The van der Waals surface area contributed by atoms with Crippen LogP contribution in [0.2, 0.25) is 0 Å². The molecule has 9 N–H and O–H groups in total. The molecule has 444 valence electrons. The minimum Gasteiger partial charge on any atom is -0.394 e. The number of aliphatic hydroxyl groups is 8. The van der Waals surface area contributed by atoms with Crippen LogP contribution < -0.4 is 5.32 Å². The van der Waals surface area contributed by atoms with E-state index in [1.54, 1.807) is 0 Å². The van der Waals surface area contributed by atoms with Gasteiger partial charge in [0.1, 0.15) is 48.8 Å². The Morgan fingerprint density at radius 2 is 0.885 bits per heavy atom. The molecular weight excluding hydrogens is 991 g/mol. The zero-order chi connectivity index (χ0) is 56.7. The minimum absolute atomic E-state index is 0.240. The lowest BCUT2D eigenvalue weighted by Crippen LogP contribution is -2.65. The first kappa shape index (κ1) is 70.5. The van der Waals surface area contributed by atoms with Crippen molar-refractivity contribution in [1.82, 2.24) is 5.32 Å². The van der Waals surface area contributed by atoms with Gasteiger partial charge in [-0.3, -0.25) is 4.79 Å². The number of ether oxygens (including phenoxy) is 4. The fourth-order valence-electron chi connectivity index (χ4n) is 8.91. The van der Waals surface area contributed by atoms with Gasteiger partial charge in [-0.15, -0.1) is 0 Å². The lowest BCUT2D eigenvalue weighted by atomic mass is 9.97. The zero-order valence-electron chi connectivity index (χ0n) is 47.6. The van der Waals surface area contributed by atoms with Crippen LogP contribution in [-0.2, 0) is 23.7 Å². The second-order valence-electron chi connectivity index (χ2n) is 20.4. The molecule has 2 rings (SSSR count). The monoisotopic (exact) mass is 1100 g/mol. The summed E-state index contributed by atoms with van der Waals surface area (Å²) in [6.07, 6.45) is 52.1. The molecule has 14 heteroatoms. The van der Waals surface area contributed by atoms with E-state index in [-0.39, 0.29) is 18.9 Å². The van der Waals surface area contributed by atoms with Gasteiger partial charge in [0.15, 0.2) is 12.6 Å². The number of allylic oxidation sites excluding steroid dienone is 20. The van der Waals surface area contributed by atoms with Crippen LogP contribution in [0.4, 0.5) is 0 Å². The fourth-order valence-corrected chi connectivity index (χ4v) is 8.91. The van der Waals surface area contributed by atoms with Crippen molar-refractivity contribution in [1.29, 1.82) is 0 Å². The Hall–Kier alpha value is -3.61. The van der Waals surface area contributed by atoms with Crippen LogP contribution in [0.5, 0.6) is 0 Å². The average Bonchev–Trinajstić information content (AvgIpc) is 3.47. The summed E-state index contributed by atoms with van der Waals surface area (Å²) in [5.41, 5.74) is 0. The van der Waals surface area contributed by atoms with E-state index >= 15 is 0 Å². The molecule has 0 saturated carbocycles. The first-order valence-corrected chi connectivity index (χ1v) is 29.8. The van der Waals surface area contributed by atoms with Crippen LogP contribution >= 0.6 is 0 Å². The van der Waals surface area contributed by atoms with Crippen LogP contribution in [0.3, 0.4) is 0 Å². The summed E-state index contributed by atoms with van der Waals surface area (Å²) in [4.78, 5) is 13.2. The molecule has 14 nitrogen and oxygen atoms in total. The fraction of sp³-hybridized carbons (Fsp3) is 0.672. The highest BCUT2D eigenvalue weighted by molar-refractivity contribution is 5.76. The maximum atomic E-state index is 13.2. The maximum Gasteiger partial charge on any atom is 0.220 e. The third-order valence-electron chi connectivity index (χ3n) is 13.7. The van der Waals surface area contributed by atoms with E-state index < -0.39 is 86.8 Å². The van der Waals surface area contributed by atoms with Crippen molar-refractivity contribution in [2.24, 2.45) is 0 Å². The summed E-state index contributed by atoms with van der Waals surface area (Å²) in [5.74, 6) is -0.256. The molecule has 0 radical (unpaired) electrons.